The van der Waals surface area contributed by atoms with E-state index < -0.39 is 0 Å². The molecule has 0 bridgehead atoms. The smallest absolute Gasteiger partial charge is 0.215 e. The van der Waals surface area contributed by atoms with E-state index >= 15 is 0 Å². The molecule has 0 radical (unpaired) electrons. The van der Waals surface area contributed by atoms with E-state index in [0.717, 1.165) is 17.5 Å². The van der Waals surface area contributed by atoms with Crippen molar-refractivity contribution in [1.82, 2.24) is 0 Å². The SMILES string of the molecule is CCc1c(C)[n+](/N=C(\[O-])c2ccccc2)cc2ccccc12. The minimum Gasteiger partial charge on any atom is -0.854 e. The Morgan fingerprint density at radius 1 is 1.05 bits per heavy atom. The zero-order chi connectivity index (χ0) is 15.5. The number of benzene rings is 2. The minimum atomic E-state index is -0.231. The molecule has 0 fully saturated rings. The third kappa shape index (κ3) is 2.58. The lowest BCUT2D eigenvalue weighted by Gasteiger charge is -2.09. The fourth-order valence-corrected chi connectivity index (χ4v) is 2.73. The first-order valence-corrected chi connectivity index (χ1v) is 7.45. The summed E-state index contributed by atoms with van der Waals surface area (Å²) in [6, 6.07) is 17.3. The average Bonchev–Trinajstić information content (AvgIpc) is 2.56. The summed E-state index contributed by atoms with van der Waals surface area (Å²) in [6.07, 6.45) is 2.83. The minimum absolute atomic E-state index is 0.231. The number of pyridine rings is 1. The van der Waals surface area contributed by atoms with Crippen LogP contribution in [0.5, 0.6) is 0 Å². The Kier molecular flexibility index (Phi) is 3.88. The molecule has 22 heavy (non-hydrogen) atoms. The van der Waals surface area contributed by atoms with E-state index in [4.69, 9.17) is 0 Å². The highest BCUT2D eigenvalue weighted by atomic mass is 16.3. The second-order valence-electron chi connectivity index (χ2n) is 5.25. The maximum atomic E-state index is 12.3. The lowest BCUT2D eigenvalue weighted by Crippen LogP contribution is -2.37. The highest BCUT2D eigenvalue weighted by molar-refractivity contribution is 5.90. The maximum Gasteiger partial charge on any atom is 0.215 e. The van der Waals surface area contributed by atoms with Crippen LogP contribution in [0, 0.1) is 6.92 Å². The topological polar surface area (TPSA) is 39.3 Å². The number of nitrogens with zero attached hydrogens (tertiary/aromatic N) is 2. The molecule has 0 amide bonds. The van der Waals surface area contributed by atoms with Gasteiger partial charge in [-0.3, -0.25) is 0 Å². The van der Waals surface area contributed by atoms with Crippen molar-refractivity contribution in [3.63, 3.8) is 0 Å². The Morgan fingerprint density at radius 2 is 1.73 bits per heavy atom. The summed E-state index contributed by atoms with van der Waals surface area (Å²) in [5.41, 5.74) is 2.83. The zero-order valence-corrected chi connectivity index (χ0v) is 12.8. The molecule has 3 aromatic rings. The zero-order valence-electron chi connectivity index (χ0n) is 12.8. The van der Waals surface area contributed by atoms with Gasteiger partial charge in [0, 0.05) is 17.9 Å². The molecule has 0 aliphatic rings. The second kappa shape index (κ2) is 5.98. The van der Waals surface area contributed by atoms with Gasteiger partial charge in [0.25, 0.3) is 0 Å². The standard InChI is InChI=1S/C19H18N2O/c1-3-17-14(2)21(13-16-11-7-8-12-18(16)17)20-19(22)15-9-5-4-6-10-15/h4-13H,3H2,1-2H3. The average molecular weight is 290 g/mol. The van der Waals surface area contributed by atoms with Gasteiger partial charge in [-0.25, -0.2) is 0 Å². The molecule has 2 aromatic carbocycles. The quantitative estimate of drug-likeness (QED) is 0.415. The maximum absolute atomic E-state index is 12.3. The monoisotopic (exact) mass is 290 g/mol. The molecule has 3 nitrogen and oxygen atoms in total. The molecule has 110 valence electrons. The van der Waals surface area contributed by atoms with Gasteiger partial charge in [-0.1, -0.05) is 60.1 Å². The fourth-order valence-electron chi connectivity index (χ4n) is 2.73. The molecule has 0 unspecified atom stereocenters. The molecule has 0 N–H and O–H groups in total. The summed E-state index contributed by atoms with van der Waals surface area (Å²) in [5, 5.41) is 18.9. The van der Waals surface area contributed by atoms with Crippen LogP contribution in [0.3, 0.4) is 0 Å². The van der Waals surface area contributed by atoms with E-state index in [9.17, 15) is 5.11 Å². The van der Waals surface area contributed by atoms with Gasteiger partial charge < -0.3 is 5.11 Å². The van der Waals surface area contributed by atoms with E-state index in [0.29, 0.717) is 5.56 Å². The first-order chi connectivity index (χ1) is 10.7. The first kappa shape index (κ1) is 14.3. The van der Waals surface area contributed by atoms with Gasteiger partial charge in [-0.05, 0) is 28.5 Å². The number of aryl methyl sites for hydroxylation is 1. The van der Waals surface area contributed by atoms with Gasteiger partial charge in [0.05, 0.1) is 5.90 Å². The van der Waals surface area contributed by atoms with Crippen molar-refractivity contribution >= 4 is 16.7 Å². The number of rotatable bonds is 3. The number of aromatic nitrogens is 1. The molecule has 0 spiro atoms. The van der Waals surface area contributed by atoms with Crippen LogP contribution in [0.2, 0.25) is 0 Å². The Hall–Kier alpha value is -2.68. The van der Waals surface area contributed by atoms with Crippen LogP contribution in [0.15, 0.2) is 65.9 Å². The van der Waals surface area contributed by atoms with Crippen LogP contribution in [-0.2, 0) is 6.42 Å². The second-order valence-corrected chi connectivity index (χ2v) is 5.25. The summed E-state index contributed by atoms with van der Waals surface area (Å²) in [7, 11) is 0. The lowest BCUT2D eigenvalue weighted by atomic mass is 10.0. The third-order valence-corrected chi connectivity index (χ3v) is 3.90. The van der Waals surface area contributed by atoms with Gasteiger partial charge in [0.1, 0.15) is 0 Å². The largest absolute Gasteiger partial charge is 0.854 e. The van der Waals surface area contributed by atoms with Crippen molar-refractivity contribution < 1.29 is 9.78 Å². The Balaban J connectivity index is 2.17. The van der Waals surface area contributed by atoms with E-state index in [1.54, 1.807) is 16.8 Å². The highest BCUT2D eigenvalue weighted by Crippen LogP contribution is 2.19. The first-order valence-electron chi connectivity index (χ1n) is 7.45. The van der Waals surface area contributed by atoms with Crippen molar-refractivity contribution in [2.24, 2.45) is 5.10 Å². The van der Waals surface area contributed by atoms with Gasteiger partial charge in [0.15, 0.2) is 0 Å². The van der Waals surface area contributed by atoms with E-state index in [1.165, 1.54) is 10.9 Å². The summed E-state index contributed by atoms with van der Waals surface area (Å²) in [5.74, 6) is -0.231. The predicted molar refractivity (Wildman–Crippen MR) is 86.6 cm³/mol. The van der Waals surface area contributed by atoms with Crippen LogP contribution in [-0.4, -0.2) is 5.90 Å². The predicted octanol–water partition coefficient (Wildman–Crippen LogP) is 2.57. The number of fused-ring (bicyclic) bond motifs is 1. The normalized spacial score (nSPS) is 11.8. The van der Waals surface area contributed by atoms with Crippen molar-refractivity contribution in [1.29, 1.82) is 0 Å². The molecule has 1 aromatic heterocycles. The summed E-state index contributed by atoms with van der Waals surface area (Å²) in [4.78, 5) is 0. The molecule has 0 saturated carbocycles. The molecule has 0 atom stereocenters. The molecule has 0 aliphatic heterocycles. The highest BCUT2D eigenvalue weighted by Gasteiger charge is 2.15. The van der Waals surface area contributed by atoms with Crippen LogP contribution in [0.1, 0.15) is 23.7 Å². The third-order valence-electron chi connectivity index (χ3n) is 3.90. The van der Waals surface area contributed by atoms with Crippen LogP contribution in [0.4, 0.5) is 0 Å². The summed E-state index contributed by atoms with van der Waals surface area (Å²) in [6.45, 7) is 4.13. The number of hydrogen-bond donors (Lipinski definition) is 0. The molecule has 1 heterocycles. The van der Waals surface area contributed by atoms with Crippen molar-refractivity contribution in [3.8, 4) is 0 Å². The van der Waals surface area contributed by atoms with E-state index in [1.807, 2.05) is 49.5 Å². The van der Waals surface area contributed by atoms with Gasteiger partial charge in [0.2, 0.25) is 11.9 Å². The summed E-state index contributed by atoms with van der Waals surface area (Å²) < 4.78 is 1.70. The fraction of sp³-hybridized carbons (Fsp3) is 0.158. The Labute approximate surface area is 130 Å². The van der Waals surface area contributed by atoms with Crippen LogP contribution >= 0.6 is 0 Å². The van der Waals surface area contributed by atoms with Crippen molar-refractivity contribution in [2.45, 2.75) is 20.3 Å². The van der Waals surface area contributed by atoms with Crippen molar-refractivity contribution in [3.05, 3.63) is 77.6 Å². The number of hydrogen-bond acceptors (Lipinski definition) is 2. The molecular weight excluding hydrogens is 272 g/mol. The van der Waals surface area contributed by atoms with Crippen LogP contribution < -0.4 is 9.78 Å². The van der Waals surface area contributed by atoms with Crippen LogP contribution in [0.25, 0.3) is 10.8 Å². The van der Waals surface area contributed by atoms with E-state index in [2.05, 4.69) is 18.1 Å². The molecule has 0 aliphatic carbocycles. The van der Waals surface area contributed by atoms with E-state index in [-0.39, 0.29) is 5.90 Å². The summed E-state index contributed by atoms with van der Waals surface area (Å²) >= 11 is 0. The van der Waals surface area contributed by atoms with Gasteiger partial charge in [-0.15, -0.1) is 0 Å². The Bertz CT molecular complexity index is 839. The van der Waals surface area contributed by atoms with Gasteiger partial charge >= 0.3 is 0 Å². The van der Waals surface area contributed by atoms with Crippen molar-refractivity contribution in [2.75, 3.05) is 0 Å². The molecular formula is C19H18N2O. The molecule has 3 heteroatoms. The Morgan fingerprint density at radius 3 is 2.45 bits per heavy atom. The lowest BCUT2D eigenvalue weighted by molar-refractivity contribution is -0.686. The molecule has 3 rings (SSSR count). The van der Waals surface area contributed by atoms with Gasteiger partial charge in [-0.2, -0.15) is 0 Å². The molecule has 0 saturated heterocycles.